The first-order valence-corrected chi connectivity index (χ1v) is 25.5. The molecule has 0 saturated heterocycles. The zero-order valence-corrected chi connectivity index (χ0v) is 40.7. The average molecular weight is 915 g/mol. The first kappa shape index (κ1) is 44.0. The van der Waals surface area contributed by atoms with Gasteiger partial charge in [0.05, 0.1) is 0 Å². The lowest BCUT2D eigenvalue weighted by atomic mass is 9.82. The van der Waals surface area contributed by atoms with Crippen molar-refractivity contribution in [2.75, 3.05) is 9.80 Å². The summed E-state index contributed by atoms with van der Waals surface area (Å²) in [4.78, 5) is 4.78. The van der Waals surface area contributed by atoms with Crippen LogP contribution in [0, 0.1) is 0 Å². The molecule has 2 aliphatic carbocycles. The van der Waals surface area contributed by atoms with E-state index in [1.807, 2.05) is 0 Å². The van der Waals surface area contributed by atoms with Gasteiger partial charge in [-0.1, -0.05) is 197 Å². The Labute approximate surface area is 420 Å². The van der Waals surface area contributed by atoms with E-state index >= 15 is 0 Å². The molecule has 0 aromatic heterocycles. The van der Waals surface area contributed by atoms with Crippen molar-refractivity contribution in [1.29, 1.82) is 0 Å². The van der Waals surface area contributed by atoms with Crippen LogP contribution in [0.5, 0.6) is 0 Å². The number of anilines is 6. The Morgan fingerprint density at radius 3 is 1.15 bits per heavy atom. The number of nitrogens with zero attached hydrogens (tertiary/aromatic N) is 2. The predicted octanol–water partition coefficient (Wildman–Crippen LogP) is 19.6. The van der Waals surface area contributed by atoms with E-state index in [2.05, 4.69) is 272 Å². The fourth-order valence-corrected chi connectivity index (χ4v) is 11.6. The number of rotatable bonds is 11. The summed E-state index contributed by atoms with van der Waals surface area (Å²) >= 11 is 0. The lowest BCUT2D eigenvalue weighted by Crippen LogP contribution is -2.16. The smallest absolute Gasteiger partial charge is 0.0465 e. The second-order valence-electron chi connectivity index (χ2n) is 19.9. The zero-order chi connectivity index (χ0) is 47.7. The molecule has 71 heavy (non-hydrogen) atoms. The van der Waals surface area contributed by atoms with Crippen molar-refractivity contribution in [1.82, 2.24) is 0 Å². The molecule has 1 saturated carbocycles. The monoisotopic (exact) mass is 914 g/mol. The van der Waals surface area contributed by atoms with E-state index in [1.54, 1.807) is 0 Å². The minimum atomic E-state index is -0.101. The van der Waals surface area contributed by atoms with Crippen molar-refractivity contribution in [2.45, 2.75) is 57.3 Å². The Hall–Kier alpha value is -8.20. The normalized spacial score (nSPS) is 13.8. The number of fused-ring (bicyclic) bond motifs is 3. The third kappa shape index (κ3) is 8.44. The van der Waals surface area contributed by atoms with Gasteiger partial charge in [-0.3, -0.25) is 0 Å². The fraction of sp³-hybridized carbons (Fsp3) is 0.130. The van der Waals surface area contributed by atoms with E-state index in [9.17, 15) is 0 Å². The van der Waals surface area contributed by atoms with E-state index in [0.717, 1.165) is 28.4 Å². The molecule has 0 N–H and O–H groups in total. The highest BCUT2D eigenvalue weighted by molar-refractivity contribution is 5.96. The van der Waals surface area contributed by atoms with Gasteiger partial charge in [0.25, 0.3) is 0 Å². The molecule has 0 heterocycles. The number of para-hydroxylation sites is 2. The fourth-order valence-electron chi connectivity index (χ4n) is 11.6. The molecule has 12 rings (SSSR count). The van der Waals surface area contributed by atoms with Crippen LogP contribution in [0.2, 0.25) is 0 Å². The van der Waals surface area contributed by atoms with Crippen LogP contribution in [0.3, 0.4) is 0 Å². The molecular weight excluding hydrogens is 857 g/mol. The standard InChI is InChI=1S/C69H58N2/c1-69(2)67-31-19-18-30-61(67)62-45-44-60(46-68(62)69)71(56-28-16-7-17-29-56)59-42-36-54(37-43-59)66-48-63(51-22-10-4-11-23-51)65(47-64(66)52-24-12-5-13-25-52)53-34-40-58(41-35-53)70(55-26-14-6-15-27-55)57-38-32-50(33-39-57)49-20-8-3-9-21-49/h4-7,10-19,22-49H,3,8-9,20-21H2,1-2H3. The van der Waals surface area contributed by atoms with Gasteiger partial charge < -0.3 is 9.80 Å². The van der Waals surface area contributed by atoms with Gasteiger partial charge in [-0.15, -0.1) is 0 Å². The molecule has 2 heteroatoms. The lowest BCUT2D eigenvalue weighted by Gasteiger charge is -2.28. The van der Waals surface area contributed by atoms with Crippen molar-refractivity contribution in [3.8, 4) is 55.6 Å². The minimum absolute atomic E-state index is 0.101. The molecule has 0 bridgehead atoms. The Kier molecular flexibility index (Phi) is 11.8. The molecule has 10 aromatic carbocycles. The summed E-state index contributed by atoms with van der Waals surface area (Å²) < 4.78 is 0. The largest absolute Gasteiger partial charge is 0.311 e. The summed E-state index contributed by atoms with van der Waals surface area (Å²) in [5.41, 5.74) is 23.1. The van der Waals surface area contributed by atoms with Gasteiger partial charge in [-0.25, -0.2) is 0 Å². The van der Waals surface area contributed by atoms with E-state index in [1.165, 1.54) is 110 Å². The average Bonchev–Trinajstić information content (AvgIpc) is 3.67. The molecule has 2 aliphatic rings. The molecule has 0 radical (unpaired) electrons. The Bertz CT molecular complexity index is 3430. The zero-order valence-electron chi connectivity index (χ0n) is 40.7. The summed E-state index contributed by atoms with van der Waals surface area (Å²) in [5.74, 6) is 0.672. The molecule has 344 valence electrons. The van der Waals surface area contributed by atoms with Gasteiger partial charge in [0.1, 0.15) is 0 Å². The maximum atomic E-state index is 2.43. The van der Waals surface area contributed by atoms with Crippen molar-refractivity contribution in [3.63, 3.8) is 0 Å². The van der Waals surface area contributed by atoms with Gasteiger partial charge in [-0.05, 0) is 176 Å². The van der Waals surface area contributed by atoms with Crippen LogP contribution in [0.1, 0.15) is 68.6 Å². The third-order valence-corrected chi connectivity index (χ3v) is 15.3. The molecule has 0 amide bonds. The van der Waals surface area contributed by atoms with Crippen molar-refractivity contribution in [3.05, 3.63) is 265 Å². The molecule has 0 aliphatic heterocycles. The molecule has 0 unspecified atom stereocenters. The quantitative estimate of drug-likeness (QED) is 0.128. The van der Waals surface area contributed by atoms with Gasteiger partial charge in [0, 0.05) is 39.5 Å². The maximum absolute atomic E-state index is 2.43. The molecular formula is C69H58N2. The SMILES string of the molecule is CC1(C)c2ccccc2-c2ccc(N(c3ccccc3)c3ccc(-c4cc(-c5ccccc5)c(-c5ccc(N(c6ccccc6)c6ccc(C7CCCCC7)cc6)cc5)cc4-c4ccccc4)cc3)cc21. The summed E-state index contributed by atoms with van der Waals surface area (Å²) in [6.07, 6.45) is 6.64. The first-order chi connectivity index (χ1) is 35.0. The molecule has 0 atom stereocenters. The van der Waals surface area contributed by atoms with E-state index in [0.29, 0.717) is 5.92 Å². The maximum Gasteiger partial charge on any atom is 0.0465 e. The molecule has 1 fully saturated rings. The Balaban J connectivity index is 0.944. The van der Waals surface area contributed by atoms with Crippen LogP contribution in [-0.4, -0.2) is 0 Å². The number of hydrogen-bond acceptors (Lipinski definition) is 2. The Morgan fingerprint density at radius 2 is 0.662 bits per heavy atom. The highest BCUT2D eigenvalue weighted by atomic mass is 15.1. The second-order valence-corrected chi connectivity index (χ2v) is 19.9. The van der Waals surface area contributed by atoms with Crippen LogP contribution in [0.4, 0.5) is 34.1 Å². The van der Waals surface area contributed by atoms with Gasteiger partial charge in [-0.2, -0.15) is 0 Å². The van der Waals surface area contributed by atoms with Crippen molar-refractivity contribution in [2.24, 2.45) is 0 Å². The van der Waals surface area contributed by atoms with Crippen LogP contribution < -0.4 is 9.80 Å². The van der Waals surface area contributed by atoms with Crippen molar-refractivity contribution >= 4 is 34.1 Å². The van der Waals surface area contributed by atoms with E-state index in [4.69, 9.17) is 0 Å². The molecule has 0 spiro atoms. The van der Waals surface area contributed by atoms with Crippen molar-refractivity contribution < 1.29 is 0 Å². The number of hydrogen-bond donors (Lipinski definition) is 0. The van der Waals surface area contributed by atoms with Crippen LogP contribution in [-0.2, 0) is 5.41 Å². The topological polar surface area (TPSA) is 6.48 Å². The molecule has 2 nitrogen and oxygen atoms in total. The molecule has 10 aromatic rings. The first-order valence-electron chi connectivity index (χ1n) is 25.5. The van der Waals surface area contributed by atoms with Gasteiger partial charge in [0.15, 0.2) is 0 Å². The second kappa shape index (κ2) is 18.9. The van der Waals surface area contributed by atoms with E-state index < -0.39 is 0 Å². The Morgan fingerprint density at radius 1 is 0.296 bits per heavy atom. The summed E-state index contributed by atoms with van der Waals surface area (Å²) in [6, 6.07) is 91.9. The van der Waals surface area contributed by atoms with Crippen LogP contribution >= 0.6 is 0 Å². The lowest BCUT2D eigenvalue weighted by molar-refractivity contribution is 0.443. The summed E-state index contributed by atoms with van der Waals surface area (Å²) in [7, 11) is 0. The number of benzene rings is 10. The summed E-state index contributed by atoms with van der Waals surface area (Å²) in [6.45, 7) is 4.71. The van der Waals surface area contributed by atoms with Gasteiger partial charge in [0.2, 0.25) is 0 Å². The van der Waals surface area contributed by atoms with Gasteiger partial charge >= 0.3 is 0 Å². The predicted molar refractivity (Wildman–Crippen MR) is 301 cm³/mol. The highest BCUT2D eigenvalue weighted by Crippen LogP contribution is 2.51. The van der Waals surface area contributed by atoms with Crippen LogP contribution in [0.15, 0.2) is 249 Å². The minimum Gasteiger partial charge on any atom is -0.311 e. The third-order valence-electron chi connectivity index (χ3n) is 15.3. The summed E-state index contributed by atoms with van der Waals surface area (Å²) in [5, 5.41) is 0. The van der Waals surface area contributed by atoms with Crippen LogP contribution in [0.25, 0.3) is 55.6 Å². The van der Waals surface area contributed by atoms with E-state index in [-0.39, 0.29) is 5.41 Å². The highest BCUT2D eigenvalue weighted by Gasteiger charge is 2.36.